The topological polar surface area (TPSA) is 83.8 Å². The average Bonchev–Trinajstić information content (AvgIpc) is 2.45. The van der Waals surface area contributed by atoms with Crippen molar-refractivity contribution >= 4 is 10.4 Å². The minimum Gasteiger partial charge on any atom is -0.385 e. The van der Waals surface area contributed by atoms with Gasteiger partial charge in [0.25, 0.3) is 0 Å². The molecule has 2 N–H and O–H groups in total. The third-order valence-corrected chi connectivity index (χ3v) is 3.23. The molecule has 2 atom stereocenters. The lowest BCUT2D eigenvalue weighted by Crippen LogP contribution is -2.18. The zero-order valence-electron chi connectivity index (χ0n) is 10.5. The van der Waals surface area contributed by atoms with E-state index < -0.39 is 22.6 Å². The van der Waals surface area contributed by atoms with Crippen molar-refractivity contribution in [1.82, 2.24) is 0 Å². The van der Waals surface area contributed by atoms with Crippen LogP contribution in [0.4, 0.5) is 0 Å². The summed E-state index contributed by atoms with van der Waals surface area (Å²) in [7, 11) is -4.68. The van der Waals surface area contributed by atoms with Crippen LogP contribution in [0.2, 0.25) is 0 Å². The number of benzene rings is 2. The van der Waals surface area contributed by atoms with Crippen molar-refractivity contribution in [3.05, 3.63) is 71.8 Å². The summed E-state index contributed by atoms with van der Waals surface area (Å²) in [5.74, 6) is 0. The van der Waals surface area contributed by atoms with E-state index in [2.05, 4.69) is 4.18 Å². The third-order valence-electron chi connectivity index (χ3n) is 2.78. The van der Waals surface area contributed by atoms with Gasteiger partial charge in [0.15, 0.2) is 0 Å². The van der Waals surface area contributed by atoms with Crippen LogP contribution < -0.4 is 0 Å². The van der Waals surface area contributed by atoms with E-state index >= 15 is 0 Å². The summed E-state index contributed by atoms with van der Waals surface area (Å²) in [4.78, 5) is 0. The number of aliphatic hydroxyl groups excluding tert-OH is 1. The number of aliphatic hydroxyl groups is 1. The fraction of sp³-hybridized carbons (Fsp3) is 0.143. The summed E-state index contributed by atoms with van der Waals surface area (Å²) in [5, 5.41) is 10.3. The Kier molecular flexibility index (Phi) is 4.51. The van der Waals surface area contributed by atoms with Gasteiger partial charge in [0.2, 0.25) is 0 Å². The normalized spacial score (nSPS) is 14.7. The molecule has 0 heterocycles. The van der Waals surface area contributed by atoms with Gasteiger partial charge in [-0.2, -0.15) is 8.42 Å². The van der Waals surface area contributed by atoms with Gasteiger partial charge in [0.05, 0.1) is 0 Å². The smallest absolute Gasteiger partial charge is 0.385 e. The average molecular weight is 294 g/mol. The van der Waals surface area contributed by atoms with Crippen molar-refractivity contribution in [2.24, 2.45) is 0 Å². The van der Waals surface area contributed by atoms with Crippen LogP contribution in [0.1, 0.15) is 23.3 Å². The van der Waals surface area contributed by atoms with Crippen LogP contribution in [0.25, 0.3) is 0 Å². The molecule has 0 aromatic heterocycles. The summed E-state index contributed by atoms with van der Waals surface area (Å²) < 4.78 is 35.4. The maximum atomic E-state index is 11.0. The van der Waals surface area contributed by atoms with E-state index in [1.165, 1.54) is 0 Å². The largest absolute Gasteiger partial charge is 0.398 e. The SMILES string of the molecule is O=S(=O)(O)OC(c1ccccc1)C(O)c1ccccc1. The van der Waals surface area contributed by atoms with E-state index in [4.69, 9.17) is 4.55 Å². The Morgan fingerprint density at radius 3 is 1.75 bits per heavy atom. The molecule has 2 aromatic rings. The molecule has 20 heavy (non-hydrogen) atoms. The molecular formula is C14H14O5S. The molecule has 0 aliphatic heterocycles. The van der Waals surface area contributed by atoms with Crippen LogP contribution >= 0.6 is 0 Å². The van der Waals surface area contributed by atoms with Gasteiger partial charge in [-0.25, -0.2) is 4.18 Å². The molecule has 0 aliphatic carbocycles. The van der Waals surface area contributed by atoms with Crippen molar-refractivity contribution in [2.75, 3.05) is 0 Å². The van der Waals surface area contributed by atoms with Crippen LogP contribution in [-0.2, 0) is 14.6 Å². The monoisotopic (exact) mass is 294 g/mol. The minimum atomic E-state index is -4.68. The lowest BCUT2D eigenvalue weighted by molar-refractivity contribution is 0.0310. The lowest BCUT2D eigenvalue weighted by Gasteiger charge is -2.22. The maximum absolute atomic E-state index is 11.0. The van der Waals surface area contributed by atoms with E-state index in [0.29, 0.717) is 11.1 Å². The first-order valence-corrected chi connectivity index (χ1v) is 7.27. The van der Waals surface area contributed by atoms with Gasteiger partial charge in [0.1, 0.15) is 12.2 Å². The van der Waals surface area contributed by atoms with Crippen LogP contribution in [0.15, 0.2) is 60.7 Å². The van der Waals surface area contributed by atoms with Gasteiger partial charge in [0, 0.05) is 0 Å². The Labute approximate surface area is 117 Å². The summed E-state index contributed by atoms with van der Waals surface area (Å²) >= 11 is 0. The first-order chi connectivity index (χ1) is 9.47. The third kappa shape index (κ3) is 3.88. The molecule has 106 valence electrons. The molecule has 0 saturated heterocycles. The fourth-order valence-corrected chi connectivity index (χ4v) is 2.37. The molecule has 5 nitrogen and oxygen atoms in total. The van der Waals surface area contributed by atoms with E-state index in [1.54, 1.807) is 60.7 Å². The molecule has 6 heteroatoms. The molecule has 2 rings (SSSR count). The van der Waals surface area contributed by atoms with Gasteiger partial charge >= 0.3 is 10.4 Å². The molecule has 0 bridgehead atoms. The van der Waals surface area contributed by atoms with Gasteiger partial charge in [-0.3, -0.25) is 4.55 Å². The van der Waals surface area contributed by atoms with Gasteiger partial charge < -0.3 is 5.11 Å². The summed E-state index contributed by atoms with van der Waals surface area (Å²) in [6.45, 7) is 0. The molecule has 0 spiro atoms. The Balaban J connectivity index is 2.37. The zero-order valence-corrected chi connectivity index (χ0v) is 11.3. The second kappa shape index (κ2) is 6.15. The zero-order chi connectivity index (χ0) is 14.6. The number of hydrogen-bond donors (Lipinski definition) is 2. The molecule has 0 saturated carbocycles. The van der Waals surface area contributed by atoms with Crippen molar-refractivity contribution in [3.8, 4) is 0 Å². The number of hydrogen-bond acceptors (Lipinski definition) is 4. The first-order valence-electron chi connectivity index (χ1n) is 5.91. The van der Waals surface area contributed by atoms with Crippen molar-refractivity contribution in [3.63, 3.8) is 0 Å². The first kappa shape index (κ1) is 14.7. The van der Waals surface area contributed by atoms with Crippen LogP contribution in [0, 0.1) is 0 Å². The van der Waals surface area contributed by atoms with Crippen LogP contribution in [-0.4, -0.2) is 18.1 Å². The fourth-order valence-electron chi connectivity index (χ4n) is 1.89. The van der Waals surface area contributed by atoms with Crippen molar-refractivity contribution in [2.45, 2.75) is 12.2 Å². The van der Waals surface area contributed by atoms with Crippen molar-refractivity contribution < 1.29 is 22.3 Å². The second-order valence-corrected chi connectivity index (χ2v) is 5.26. The molecule has 2 aromatic carbocycles. The molecule has 0 fully saturated rings. The second-order valence-electron chi connectivity index (χ2n) is 4.21. The Morgan fingerprint density at radius 1 is 0.850 bits per heavy atom. The predicted octanol–water partition coefficient (Wildman–Crippen LogP) is 2.28. The maximum Gasteiger partial charge on any atom is 0.398 e. The van der Waals surface area contributed by atoms with Gasteiger partial charge in [-0.15, -0.1) is 0 Å². The highest BCUT2D eigenvalue weighted by Gasteiger charge is 2.28. The Bertz CT molecular complexity index is 640. The van der Waals surface area contributed by atoms with Crippen LogP contribution in [0.3, 0.4) is 0 Å². The molecular weight excluding hydrogens is 280 g/mol. The van der Waals surface area contributed by atoms with E-state index in [1.807, 2.05) is 0 Å². The highest BCUT2D eigenvalue weighted by atomic mass is 32.3. The minimum absolute atomic E-state index is 0.446. The lowest BCUT2D eigenvalue weighted by atomic mass is 9.98. The molecule has 0 amide bonds. The Hall–Kier alpha value is -1.73. The summed E-state index contributed by atoms with van der Waals surface area (Å²) in [5.41, 5.74) is 0.937. The van der Waals surface area contributed by atoms with E-state index in [9.17, 15) is 13.5 Å². The van der Waals surface area contributed by atoms with E-state index in [0.717, 1.165) is 0 Å². The van der Waals surface area contributed by atoms with Gasteiger partial charge in [-0.1, -0.05) is 60.7 Å². The van der Waals surface area contributed by atoms with Crippen LogP contribution in [0.5, 0.6) is 0 Å². The standard InChI is InChI=1S/C14H14O5S/c15-13(11-7-3-1-4-8-11)14(19-20(16,17)18)12-9-5-2-6-10-12/h1-10,13-15H,(H,16,17,18). The molecule has 2 unspecified atom stereocenters. The highest BCUT2D eigenvalue weighted by molar-refractivity contribution is 7.80. The Morgan fingerprint density at radius 2 is 1.30 bits per heavy atom. The van der Waals surface area contributed by atoms with Gasteiger partial charge in [-0.05, 0) is 11.1 Å². The highest BCUT2D eigenvalue weighted by Crippen LogP contribution is 2.32. The molecule has 0 aliphatic rings. The predicted molar refractivity (Wildman–Crippen MR) is 73.2 cm³/mol. The van der Waals surface area contributed by atoms with E-state index in [-0.39, 0.29) is 0 Å². The number of rotatable bonds is 5. The summed E-state index contributed by atoms with van der Waals surface area (Å²) in [6.07, 6.45) is -2.44. The molecule has 0 radical (unpaired) electrons. The summed E-state index contributed by atoms with van der Waals surface area (Å²) in [6, 6.07) is 16.9. The quantitative estimate of drug-likeness (QED) is 0.826. The van der Waals surface area contributed by atoms with Crippen molar-refractivity contribution in [1.29, 1.82) is 0 Å².